The molecule has 0 bridgehead atoms. The maximum atomic E-state index is 10.4. The van der Waals surface area contributed by atoms with Crippen LogP contribution in [0, 0.1) is 5.92 Å². The lowest BCUT2D eigenvalue weighted by atomic mass is 9.85. The van der Waals surface area contributed by atoms with E-state index in [0.717, 1.165) is 50.3 Å². The van der Waals surface area contributed by atoms with Crippen LogP contribution in [0.2, 0.25) is 0 Å². The van der Waals surface area contributed by atoms with Crippen molar-refractivity contribution in [2.75, 3.05) is 29.9 Å². The standard InChI is InChI=1S/C18H30N4O2/c23-12-15-8-4-5-9-22(15)18-10-17(20-13-21-18)19-11-16(24)14-6-2-1-3-7-14/h10,13-16,23-24H,1-9,11-12H2,(H,19,20,21). The van der Waals surface area contributed by atoms with Gasteiger partial charge in [-0.1, -0.05) is 19.3 Å². The van der Waals surface area contributed by atoms with Crippen LogP contribution in [0.5, 0.6) is 0 Å². The van der Waals surface area contributed by atoms with Gasteiger partial charge in [-0.3, -0.25) is 0 Å². The Balaban J connectivity index is 1.58. The van der Waals surface area contributed by atoms with Gasteiger partial charge in [0.25, 0.3) is 0 Å². The molecular weight excluding hydrogens is 304 g/mol. The van der Waals surface area contributed by atoms with Gasteiger partial charge in [-0.25, -0.2) is 9.97 Å². The number of aromatic nitrogens is 2. The first kappa shape index (κ1) is 17.4. The fourth-order valence-corrected chi connectivity index (χ4v) is 3.99. The van der Waals surface area contributed by atoms with Crippen LogP contribution in [0.1, 0.15) is 51.4 Å². The van der Waals surface area contributed by atoms with Crippen molar-refractivity contribution < 1.29 is 10.2 Å². The number of aliphatic hydroxyl groups excluding tert-OH is 2. The van der Waals surface area contributed by atoms with Gasteiger partial charge in [-0.05, 0) is 38.0 Å². The minimum Gasteiger partial charge on any atom is -0.394 e. The molecule has 0 radical (unpaired) electrons. The third kappa shape index (κ3) is 4.36. The Morgan fingerprint density at radius 1 is 1.12 bits per heavy atom. The molecule has 1 saturated heterocycles. The fourth-order valence-electron chi connectivity index (χ4n) is 3.99. The summed E-state index contributed by atoms with van der Waals surface area (Å²) in [6.45, 7) is 1.62. The highest BCUT2D eigenvalue weighted by Crippen LogP contribution is 2.27. The summed E-state index contributed by atoms with van der Waals surface area (Å²) in [5, 5.41) is 23.2. The lowest BCUT2D eigenvalue weighted by Crippen LogP contribution is -2.42. The molecule has 134 valence electrons. The Labute approximate surface area is 144 Å². The summed E-state index contributed by atoms with van der Waals surface area (Å²) < 4.78 is 0. The van der Waals surface area contributed by atoms with Crippen molar-refractivity contribution in [2.24, 2.45) is 5.92 Å². The van der Waals surface area contributed by atoms with Crippen LogP contribution in [0.3, 0.4) is 0 Å². The second-order valence-corrected chi connectivity index (χ2v) is 7.13. The van der Waals surface area contributed by atoms with E-state index in [-0.39, 0.29) is 18.8 Å². The fraction of sp³-hybridized carbons (Fsp3) is 0.778. The third-order valence-corrected chi connectivity index (χ3v) is 5.47. The van der Waals surface area contributed by atoms with Crippen LogP contribution in [0.4, 0.5) is 11.6 Å². The average molecular weight is 334 g/mol. The highest BCUT2D eigenvalue weighted by molar-refractivity contribution is 5.49. The Hall–Kier alpha value is -1.40. The van der Waals surface area contributed by atoms with Gasteiger partial charge < -0.3 is 20.4 Å². The van der Waals surface area contributed by atoms with Gasteiger partial charge in [0.15, 0.2) is 0 Å². The maximum Gasteiger partial charge on any atom is 0.134 e. The van der Waals surface area contributed by atoms with Gasteiger partial charge in [-0.2, -0.15) is 0 Å². The van der Waals surface area contributed by atoms with E-state index in [1.165, 1.54) is 19.3 Å². The van der Waals surface area contributed by atoms with Crippen molar-refractivity contribution >= 4 is 11.6 Å². The third-order valence-electron chi connectivity index (χ3n) is 5.47. The van der Waals surface area contributed by atoms with E-state index in [2.05, 4.69) is 20.2 Å². The average Bonchev–Trinajstić information content (AvgIpc) is 2.67. The Bertz CT molecular complexity index is 508. The van der Waals surface area contributed by atoms with E-state index >= 15 is 0 Å². The van der Waals surface area contributed by atoms with Crippen LogP contribution >= 0.6 is 0 Å². The molecule has 0 aromatic carbocycles. The molecule has 6 heteroatoms. The second-order valence-electron chi connectivity index (χ2n) is 7.13. The molecule has 1 saturated carbocycles. The summed E-state index contributed by atoms with van der Waals surface area (Å²) in [6, 6.07) is 2.08. The number of nitrogens with one attached hydrogen (secondary N) is 1. The predicted molar refractivity (Wildman–Crippen MR) is 95.2 cm³/mol. The lowest BCUT2D eigenvalue weighted by molar-refractivity contribution is 0.0956. The van der Waals surface area contributed by atoms with Gasteiger partial charge in [0.1, 0.15) is 18.0 Å². The van der Waals surface area contributed by atoms with Crippen LogP contribution in [-0.2, 0) is 0 Å². The van der Waals surface area contributed by atoms with Crippen LogP contribution in [0.15, 0.2) is 12.4 Å². The zero-order chi connectivity index (χ0) is 16.8. The maximum absolute atomic E-state index is 10.4. The minimum absolute atomic E-state index is 0.148. The molecule has 1 aliphatic carbocycles. The van der Waals surface area contributed by atoms with Gasteiger partial charge in [0, 0.05) is 19.2 Å². The molecule has 0 amide bonds. The van der Waals surface area contributed by atoms with Gasteiger partial charge in [-0.15, -0.1) is 0 Å². The number of hydrogen-bond donors (Lipinski definition) is 3. The molecule has 2 unspecified atom stereocenters. The van der Waals surface area contributed by atoms with Crippen molar-refractivity contribution in [3.63, 3.8) is 0 Å². The zero-order valence-electron chi connectivity index (χ0n) is 14.4. The number of piperidine rings is 1. The Kier molecular flexibility index (Phi) is 6.26. The molecule has 1 aromatic heterocycles. The van der Waals surface area contributed by atoms with Crippen molar-refractivity contribution in [1.82, 2.24) is 9.97 Å². The number of rotatable bonds is 6. The van der Waals surface area contributed by atoms with Gasteiger partial charge in [0.2, 0.25) is 0 Å². The first-order valence-corrected chi connectivity index (χ1v) is 9.39. The second kappa shape index (κ2) is 8.62. The van der Waals surface area contributed by atoms with Crippen molar-refractivity contribution in [1.29, 1.82) is 0 Å². The Morgan fingerprint density at radius 2 is 1.92 bits per heavy atom. The summed E-state index contributed by atoms with van der Waals surface area (Å²) in [4.78, 5) is 10.8. The molecule has 0 spiro atoms. The molecule has 6 nitrogen and oxygen atoms in total. The summed E-state index contributed by atoms with van der Waals surface area (Å²) in [5.74, 6) is 2.02. The van der Waals surface area contributed by atoms with E-state index in [4.69, 9.17) is 0 Å². The summed E-state index contributed by atoms with van der Waals surface area (Å²) in [7, 11) is 0. The summed E-state index contributed by atoms with van der Waals surface area (Å²) >= 11 is 0. The smallest absolute Gasteiger partial charge is 0.134 e. The van der Waals surface area contributed by atoms with E-state index in [1.807, 2.05) is 6.07 Å². The summed E-state index contributed by atoms with van der Waals surface area (Å²) in [5.41, 5.74) is 0. The number of aliphatic hydroxyl groups is 2. The molecule has 1 aliphatic heterocycles. The van der Waals surface area contributed by atoms with Crippen LogP contribution in [0.25, 0.3) is 0 Å². The molecule has 2 heterocycles. The SMILES string of the molecule is OCC1CCCCN1c1cc(NCC(O)C2CCCCC2)ncn1. The van der Waals surface area contributed by atoms with Crippen molar-refractivity contribution in [3.8, 4) is 0 Å². The quantitative estimate of drug-likeness (QED) is 0.740. The Morgan fingerprint density at radius 3 is 2.71 bits per heavy atom. The van der Waals surface area contributed by atoms with Crippen molar-refractivity contribution in [2.45, 2.75) is 63.5 Å². The minimum atomic E-state index is -0.316. The van der Waals surface area contributed by atoms with E-state index in [1.54, 1.807) is 6.33 Å². The monoisotopic (exact) mass is 334 g/mol. The first-order valence-electron chi connectivity index (χ1n) is 9.39. The molecule has 2 fully saturated rings. The first-order chi connectivity index (χ1) is 11.8. The molecule has 3 rings (SSSR count). The molecule has 1 aromatic rings. The van der Waals surface area contributed by atoms with Gasteiger partial charge >= 0.3 is 0 Å². The zero-order valence-corrected chi connectivity index (χ0v) is 14.4. The molecular formula is C18H30N4O2. The topological polar surface area (TPSA) is 81.5 Å². The number of anilines is 2. The highest BCUT2D eigenvalue weighted by Gasteiger charge is 2.24. The van der Waals surface area contributed by atoms with E-state index in [0.29, 0.717) is 12.5 Å². The lowest BCUT2D eigenvalue weighted by Gasteiger charge is -2.35. The largest absolute Gasteiger partial charge is 0.394 e. The van der Waals surface area contributed by atoms with Crippen LogP contribution in [-0.4, -0.2) is 52.0 Å². The van der Waals surface area contributed by atoms with Crippen molar-refractivity contribution in [3.05, 3.63) is 12.4 Å². The van der Waals surface area contributed by atoms with Crippen LogP contribution < -0.4 is 10.2 Å². The molecule has 3 N–H and O–H groups in total. The van der Waals surface area contributed by atoms with E-state index in [9.17, 15) is 10.2 Å². The molecule has 24 heavy (non-hydrogen) atoms. The molecule has 2 aliphatic rings. The predicted octanol–water partition coefficient (Wildman–Crippen LogP) is 2.18. The summed E-state index contributed by atoms with van der Waals surface area (Å²) in [6.07, 6.45) is 10.6. The molecule has 2 atom stereocenters. The van der Waals surface area contributed by atoms with E-state index < -0.39 is 0 Å². The highest BCUT2D eigenvalue weighted by atomic mass is 16.3. The van der Waals surface area contributed by atoms with Gasteiger partial charge in [0.05, 0.1) is 18.8 Å². The number of nitrogens with zero attached hydrogens (tertiary/aromatic N) is 3. The number of hydrogen-bond acceptors (Lipinski definition) is 6. The normalized spacial score (nSPS) is 23.9.